The molecule has 0 bridgehead atoms. The second-order valence-corrected chi connectivity index (χ2v) is 7.15. The number of hydrogen-bond donors (Lipinski definition) is 0. The fraction of sp³-hybridized carbons (Fsp3) is 0.389. The molecule has 2 heterocycles. The van der Waals surface area contributed by atoms with Gasteiger partial charge < -0.3 is 4.90 Å². The second kappa shape index (κ2) is 5.38. The van der Waals surface area contributed by atoms with E-state index in [1.165, 1.54) is 59.1 Å². The number of benzene rings is 1. The summed E-state index contributed by atoms with van der Waals surface area (Å²) in [5.74, 6) is 0. The van der Waals surface area contributed by atoms with Crippen molar-refractivity contribution in [1.82, 2.24) is 4.90 Å². The van der Waals surface area contributed by atoms with E-state index in [1.807, 2.05) is 11.8 Å². The van der Waals surface area contributed by atoms with Gasteiger partial charge in [-0.3, -0.25) is 0 Å². The third-order valence-electron chi connectivity index (χ3n) is 4.51. The van der Waals surface area contributed by atoms with Crippen molar-refractivity contribution in [2.75, 3.05) is 6.54 Å². The Bertz CT molecular complexity index is 655. The van der Waals surface area contributed by atoms with Crippen LogP contribution in [-0.4, -0.2) is 16.6 Å². The molecule has 2 aliphatic heterocycles. The Morgan fingerprint density at radius 1 is 1.05 bits per heavy atom. The SMILES string of the molecule is CC1=C(c2ccccc2)N2CC3=C(CCCCC3)N=C2S1. The quantitative estimate of drug-likeness (QED) is 0.723. The van der Waals surface area contributed by atoms with E-state index in [2.05, 4.69) is 42.2 Å². The van der Waals surface area contributed by atoms with Crippen molar-refractivity contribution >= 4 is 22.6 Å². The predicted molar refractivity (Wildman–Crippen MR) is 90.9 cm³/mol. The van der Waals surface area contributed by atoms with Gasteiger partial charge in [-0.15, -0.1) is 0 Å². The van der Waals surface area contributed by atoms with E-state index in [0.29, 0.717) is 0 Å². The van der Waals surface area contributed by atoms with Crippen molar-refractivity contribution in [1.29, 1.82) is 0 Å². The van der Waals surface area contributed by atoms with Gasteiger partial charge in [0.2, 0.25) is 0 Å². The Labute approximate surface area is 130 Å². The van der Waals surface area contributed by atoms with Crippen molar-refractivity contribution in [2.45, 2.75) is 39.0 Å². The summed E-state index contributed by atoms with van der Waals surface area (Å²) < 4.78 is 0. The van der Waals surface area contributed by atoms with Crippen molar-refractivity contribution in [3.63, 3.8) is 0 Å². The largest absolute Gasteiger partial charge is 0.315 e. The molecule has 0 unspecified atom stereocenters. The normalized spacial score (nSPS) is 22.0. The van der Waals surface area contributed by atoms with Crippen LogP contribution < -0.4 is 0 Å². The number of thioether (sulfide) groups is 1. The van der Waals surface area contributed by atoms with E-state index in [1.54, 1.807) is 5.57 Å². The first-order chi connectivity index (χ1) is 10.3. The first-order valence-electron chi connectivity index (χ1n) is 7.84. The number of allylic oxidation sites excluding steroid dienone is 2. The van der Waals surface area contributed by atoms with E-state index in [-0.39, 0.29) is 0 Å². The van der Waals surface area contributed by atoms with Crippen LogP contribution in [0.2, 0.25) is 0 Å². The Morgan fingerprint density at radius 3 is 2.71 bits per heavy atom. The zero-order valence-electron chi connectivity index (χ0n) is 12.4. The molecule has 1 aromatic rings. The molecule has 0 radical (unpaired) electrons. The number of nitrogens with zero attached hydrogens (tertiary/aromatic N) is 2. The maximum Gasteiger partial charge on any atom is 0.173 e. The third kappa shape index (κ3) is 2.34. The summed E-state index contributed by atoms with van der Waals surface area (Å²) in [5, 5.41) is 1.19. The average Bonchev–Trinajstić information content (AvgIpc) is 2.67. The summed E-state index contributed by atoms with van der Waals surface area (Å²) in [7, 11) is 0. The molecule has 0 N–H and O–H groups in total. The van der Waals surface area contributed by atoms with Gasteiger partial charge in [0.1, 0.15) is 0 Å². The van der Waals surface area contributed by atoms with Crippen molar-refractivity contribution in [3.8, 4) is 0 Å². The molecular weight excluding hydrogens is 276 g/mol. The Balaban J connectivity index is 1.70. The van der Waals surface area contributed by atoms with Crippen molar-refractivity contribution in [2.24, 2.45) is 4.99 Å². The lowest BCUT2D eigenvalue weighted by molar-refractivity contribution is 0.604. The lowest BCUT2D eigenvalue weighted by atomic mass is 10.1. The fourth-order valence-electron chi connectivity index (χ4n) is 3.45. The van der Waals surface area contributed by atoms with Crippen LogP contribution in [0, 0.1) is 0 Å². The first-order valence-corrected chi connectivity index (χ1v) is 8.66. The number of hydrogen-bond acceptors (Lipinski definition) is 3. The van der Waals surface area contributed by atoms with E-state index < -0.39 is 0 Å². The van der Waals surface area contributed by atoms with Crippen LogP contribution in [0.3, 0.4) is 0 Å². The highest BCUT2D eigenvalue weighted by molar-refractivity contribution is 8.17. The van der Waals surface area contributed by atoms with Gasteiger partial charge in [-0.2, -0.15) is 0 Å². The Morgan fingerprint density at radius 2 is 1.86 bits per heavy atom. The Kier molecular flexibility index (Phi) is 3.38. The number of aliphatic imine (C=N–C) groups is 1. The maximum absolute atomic E-state index is 5.00. The molecule has 21 heavy (non-hydrogen) atoms. The van der Waals surface area contributed by atoms with E-state index in [0.717, 1.165) is 6.54 Å². The molecular formula is C18H20N2S. The number of amidine groups is 1. The zero-order valence-corrected chi connectivity index (χ0v) is 13.2. The number of rotatable bonds is 1. The fourth-order valence-corrected chi connectivity index (χ4v) is 4.47. The van der Waals surface area contributed by atoms with Gasteiger partial charge in [-0.05, 0) is 43.7 Å². The van der Waals surface area contributed by atoms with Crippen LogP contribution in [0.4, 0.5) is 0 Å². The van der Waals surface area contributed by atoms with Crippen LogP contribution in [0.1, 0.15) is 44.6 Å². The monoisotopic (exact) mass is 296 g/mol. The predicted octanol–water partition coefficient (Wildman–Crippen LogP) is 5.01. The minimum Gasteiger partial charge on any atom is -0.315 e. The zero-order chi connectivity index (χ0) is 14.2. The summed E-state index contributed by atoms with van der Waals surface area (Å²) in [6.07, 6.45) is 6.39. The van der Waals surface area contributed by atoms with Gasteiger partial charge >= 0.3 is 0 Å². The molecule has 2 nitrogen and oxygen atoms in total. The van der Waals surface area contributed by atoms with E-state index >= 15 is 0 Å². The third-order valence-corrected chi connectivity index (χ3v) is 5.50. The first kappa shape index (κ1) is 13.2. The standard InChI is InChI=1S/C18H20N2S/c1-13-17(14-8-4-2-5-9-14)20-12-15-10-6-3-7-11-16(15)19-18(20)21-13/h2,4-5,8-9H,3,6-7,10-12H2,1H3. The molecule has 0 spiro atoms. The summed E-state index contributed by atoms with van der Waals surface area (Å²) in [6.45, 7) is 3.27. The van der Waals surface area contributed by atoms with Gasteiger partial charge in [0.15, 0.2) is 5.17 Å². The molecule has 1 aromatic carbocycles. The lowest BCUT2D eigenvalue weighted by Crippen LogP contribution is -2.29. The topological polar surface area (TPSA) is 15.6 Å². The molecule has 108 valence electrons. The molecule has 3 aliphatic rings. The second-order valence-electron chi connectivity index (χ2n) is 5.96. The lowest BCUT2D eigenvalue weighted by Gasteiger charge is -2.28. The van der Waals surface area contributed by atoms with Gasteiger partial charge in [0.05, 0.1) is 5.70 Å². The summed E-state index contributed by atoms with van der Waals surface area (Å²) >= 11 is 1.84. The highest BCUT2D eigenvalue weighted by atomic mass is 32.2. The molecule has 0 saturated carbocycles. The summed E-state index contributed by atoms with van der Waals surface area (Å²) in [4.78, 5) is 8.80. The minimum absolute atomic E-state index is 1.04. The molecule has 0 fully saturated rings. The molecule has 0 aromatic heterocycles. The van der Waals surface area contributed by atoms with Gasteiger partial charge in [-0.25, -0.2) is 4.99 Å². The van der Waals surface area contributed by atoms with Gasteiger partial charge in [-0.1, -0.05) is 48.5 Å². The van der Waals surface area contributed by atoms with Crippen LogP contribution in [0.15, 0.2) is 51.5 Å². The van der Waals surface area contributed by atoms with Crippen molar-refractivity contribution < 1.29 is 0 Å². The molecule has 0 atom stereocenters. The smallest absolute Gasteiger partial charge is 0.173 e. The maximum atomic E-state index is 5.00. The highest BCUT2D eigenvalue weighted by Gasteiger charge is 2.32. The van der Waals surface area contributed by atoms with Gasteiger partial charge in [0, 0.05) is 17.1 Å². The average molecular weight is 296 g/mol. The molecule has 0 saturated heterocycles. The summed E-state index contributed by atoms with van der Waals surface area (Å²) in [5.41, 5.74) is 5.62. The molecule has 4 rings (SSSR count). The summed E-state index contributed by atoms with van der Waals surface area (Å²) in [6, 6.07) is 10.7. The van der Waals surface area contributed by atoms with Crippen molar-refractivity contribution in [3.05, 3.63) is 52.1 Å². The molecule has 3 heteroatoms. The molecule has 1 aliphatic carbocycles. The van der Waals surface area contributed by atoms with Crippen LogP contribution in [-0.2, 0) is 0 Å². The minimum atomic E-state index is 1.04. The van der Waals surface area contributed by atoms with Crippen LogP contribution in [0.25, 0.3) is 5.70 Å². The highest BCUT2D eigenvalue weighted by Crippen LogP contribution is 2.43. The Hall–Kier alpha value is -1.48. The van der Waals surface area contributed by atoms with E-state index in [9.17, 15) is 0 Å². The van der Waals surface area contributed by atoms with Crippen LogP contribution in [0.5, 0.6) is 0 Å². The van der Waals surface area contributed by atoms with Crippen LogP contribution >= 0.6 is 11.8 Å². The number of fused-ring (bicyclic) bond motifs is 1. The van der Waals surface area contributed by atoms with E-state index in [4.69, 9.17) is 4.99 Å². The molecule has 0 amide bonds. The van der Waals surface area contributed by atoms with Gasteiger partial charge in [0.25, 0.3) is 0 Å².